The normalized spacial score (nSPS) is 16.2. The Morgan fingerprint density at radius 3 is 2.71 bits per heavy atom. The van der Waals surface area contributed by atoms with Crippen molar-refractivity contribution in [3.05, 3.63) is 17.7 Å². The molecule has 0 unspecified atom stereocenters. The van der Waals surface area contributed by atoms with Gasteiger partial charge >= 0.3 is 5.97 Å². The molecule has 0 bridgehead atoms. The third kappa shape index (κ3) is 1.52. The quantitative estimate of drug-likeness (QED) is 0.801. The van der Waals surface area contributed by atoms with Crippen molar-refractivity contribution in [1.82, 2.24) is 9.55 Å². The number of carbonyl (C=O) groups is 1. The molecule has 0 amide bonds. The molecule has 1 aliphatic rings. The minimum atomic E-state index is -0.939. The van der Waals surface area contributed by atoms with E-state index in [9.17, 15) is 4.79 Å². The van der Waals surface area contributed by atoms with Gasteiger partial charge in [-0.3, -0.25) is 0 Å². The molecule has 0 atom stereocenters. The lowest BCUT2D eigenvalue weighted by Crippen LogP contribution is -2.02. The van der Waals surface area contributed by atoms with E-state index in [1.54, 1.807) is 6.20 Å². The van der Waals surface area contributed by atoms with Gasteiger partial charge in [0.15, 0.2) is 5.69 Å². The fourth-order valence-corrected chi connectivity index (χ4v) is 1.58. The van der Waals surface area contributed by atoms with E-state index in [1.165, 1.54) is 0 Å². The zero-order valence-corrected chi connectivity index (χ0v) is 8.40. The van der Waals surface area contributed by atoms with E-state index in [1.807, 2.05) is 18.4 Å². The third-order valence-electron chi connectivity index (χ3n) is 2.44. The number of aromatic carboxylic acids is 1. The Balaban J connectivity index is 2.40. The van der Waals surface area contributed by atoms with Gasteiger partial charge in [-0.1, -0.05) is 13.8 Å². The van der Waals surface area contributed by atoms with Crippen molar-refractivity contribution in [2.75, 3.05) is 0 Å². The SMILES string of the molecule is CC(C)c1nc(C(=O)O)cn1C1CC1. The predicted octanol–water partition coefficient (Wildman–Crippen LogP) is 2.04. The van der Waals surface area contributed by atoms with Gasteiger partial charge in [-0.2, -0.15) is 0 Å². The van der Waals surface area contributed by atoms with Gasteiger partial charge in [0, 0.05) is 18.2 Å². The van der Waals surface area contributed by atoms with E-state index in [0.717, 1.165) is 18.7 Å². The summed E-state index contributed by atoms with van der Waals surface area (Å²) in [6.45, 7) is 4.07. The van der Waals surface area contributed by atoms with Crippen molar-refractivity contribution in [2.24, 2.45) is 0 Å². The molecule has 1 aromatic rings. The molecule has 1 aliphatic carbocycles. The second-order valence-corrected chi connectivity index (χ2v) is 4.08. The predicted molar refractivity (Wildman–Crippen MR) is 51.5 cm³/mol. The van der Waals surface area contributed by atoms with Crippen LogP contribution in [0.4, 0.5) is 0 Å². The molecule has 0 radical (unpaired) electrons. The van der Waals surface area contributed by atoms with Gasteiger partial charge in [0.25, 0.3) is 0 Å². The molecule has 1 saturated carbocycles. The molecular formula is C10H14N2O2. The lowest BCUT2D eigenvalue weighted by Gasteiger charge is -2.07. The molecule has 1 heterocycles. The van der Waals surface area contributed by atoms with Gasteiger partial charge in [0.1, 0.15) is 5.82 Å². The molecule has 0 aliphatic heterocycles. The first-order valence-corrected chi connectivity index (χ1v) is 4.91. The second kappa shape index (κ2) is 3.12. The lowest BCUT2D eigenvalue weighted by atomic mass is 10.2. The van der Waals surface area contributed by atoms with E-state index in [0.29, 0.717) is 6.04 Å². The molecule has 4 nitrogen and oxygen atoms in total. The summed E-state index contributed by atoms with van der Waals surface area (Å²) >= 11 is 0. The summed E-state index contributed by atoms with van der Waals surface area (Å²) in [4.78, 5) is 14.9. The van der Waals surface area contributed by atoms with E-state index in [-0.39, 0.29) is 11.6 Å². The van der Waals surface area contributed by atoms with Crippen molar-refractivity contribution >= 4 is 5.97 Å². The van der Waals surface area contributed by atoms with Crippen LogP contribution in [0.5, 0.6) is 0 Å². The van der Waals surface area contributed by atoms with Crippen LogP contribution in [0.15, 0.2) is 6.20 Å². The van der Waals surface area contributed by atoms with E-state index < -0.39 is 5.97 Å². The van der Waals surface area contributed by atoms with Gasteiger partial charge in [-0.15, -0.1) is 0 Å². The largest absolute Gasteiger partial charge is 0.476 e. The van der Waals surface area contributed by atoms with Crippen LogP contribution in [0.3, 0.4) is 0 Å². The average molecular weight is 194 g/mol. The van der Waals surface area contributed by atoms with Crippen molar-refractivity contribution < 1.29 is 9.90 Å². The van der Waals surface area contributed by atoms with Crippen LogP contribution < -0.4 is 0 Å². The average Bonchev–Trinajstić information content (AvgIpc) is 2.83. The Bertz CT molecular complexity index is 345. The van der Waals surface area contributed by atoms with Crippen LogP contribution >= 0.6 is 0 Å². The topological polar surface area (TPSA) is 55.1 Å². The number of hydrogen-bond acceptors (Lipinski definition) is 2. The van der Waals surface area contributed by atoms with Crippen molar-refractivity contribution in [2.45, 2.75) is 38.6 Å². The maximum atomic E-state index is 10.8. The minimum Gasteiger partial charge on any atom is -0.476 e. The molecule has 1 N–H and O–H groups in total. The Kier molecular flexibility index (Phi) is 2.06. The first-order valence-electron chi connectivity index (χ1n) is 4.91. The van der Waals surface area contributed by atoms with Crippen LogP contribution in [-0.4, -0.2) is 20.6 Å². The molecule has 2 rings (SSSR count). The van der Waals surface area contributed by atoms with Gasteiger partial charge in [-0.25, -0.2) is 9.78 Å². The van der Waals surface area contributed by atoms with E-state index in [4.69, 9.17) is 5.11 Å². The number of hydrogen-bond donors (Lipinski definition) is 1. The number of nitrogens with zero attached hydrogens (tertiary/aromatic N) is 2. The van der Waals surface area contributed by atoms with Crippen LogP contribution in [0.2, 0.25) is 0 Å². The molecule has 4 heteroatoms. The van der Waals surface area contributed by atoms with Crippen LogP contribution in [0.1, 0.15) is 55.0 Å². The number of imidazole rings is 1. The molecule has 0 aromatic carbocycles. The summed E-state index contributed by atoms with van der Waals surface area (Å²) in [5, 5.41) is 8.83. The molecule has 1 aromatic heterocycles. The summed E-state index contributed by atoms with van der Waals surface area (Å²) in [6, 6.07) is 0.494. The van der Waals surface area contributed by atoms with Crippen molar-refractivity contribution in [3.8, 4) is 0 Å². The first kappa shape index (κ1) is 9.24. The molecule has 0 spiro atoms. The Labute approximate surface area is 82.6 Å². The van der Waals surface area contributed by atoms with Crippen LogP contribution in [0, 0.1) is 0 Å². The standard InChI is InChI=1S/C10H14N2O2/c1-6(2)9-11-8(10(13)14)5-12(9)7-3-4-7/h5-7H,3-4H2,1-2H3,(H,13,14). The van der Waals surface area contributed by atoms with Gasteiger partial charge in [-0.05, 0) is 12.8 Å². The van der Waals surface area contributed by atoms with Crippen LogP contribution in [-0.2, 0) is 0 Å². The molecular weight excluding hydrogens is 180 g/mol. The van der Waals surface area contributed by atoms with Gasteiger partial charge in [0.05, 0.1) is 0 Å². The van der Waals surface area contributed by atoms with Crippen molar-refractivity contribution in [3.63, 3.8) is 0 Å². The summed E-state index contributed by atoms with van der Waals surface area (Å²) in [5.41, 5.74) is 0.167. The Morgan fingerprint density at radius 2 is 2.29 bits per heavy atom. The van der Waals surface area contributed by atoms with Gasteiger partial charge in [0.2, 0.25) is 0 Å². The zero-order chi connectivity index (χ0) is 10.3. The molecule has 0 saturated heterocycles. The minimum absolute atomic E-state index is 0.167. The summed E-state index contributed by atoms with van der Waals surface area (Å²) < 4.78 is 2.02. The maximum absolute atomic E-state index is 10.8. The highest BCUT2D eigenvalue weighted by Crippen LogP contribution is 2.37. The lowest BCUT2D eigenvalue weighted by molar-refractivity contribution is 0.0691. The monoisotopic (exact) mass is 194 g/mol. The second-order valence-electron chi connectivity index (χ2n) is 4.08. The number of rotatable bonds is 3. The number of carboxylic acids is 1. The maximum Gasteiger partial charge on any atom is 0.356 e. The number of aromatic nitrogens is 2. The fourth-order valence-electron chi connectivity index (χ4n) is 1.58. The first-order chi connectivity index (χ1) is 6.59. The Hall–Kier alpha value is -1.32. The fraction of sp³-hybridized carbons (Fsp3) is 0.600. The zero-order valence-electron chi connectivity index (χ0n) is 8.40. The highest BCUT2D eigenvalue weighted by atomic mass is 16.4. The highest BCUT2D eigenvalue weighted by molar-refractivity contribution is 5.85. The Morgan fingerprint density at radius 1 is 1.64 bits per heavy atom. The molecule has 1 fully saturated rings. The summed E-state index contributed by atoms with van der Waals surface area (Å²) in [5.74, 6) is 0.236. The smallest absolute Gasteiger partial charge is 0.356 e. The third-order valence-corrected chi connectivity index (χ3v) is 2.44. The summed E-state index contributed by atoms with van der Waals surface area (Å²) in [7, 11) is 0. The van der Waals surface area contributed by atoms with E-state index in [2.05, 4.69) is 4.98 Å². The molecule has 14 heavy (non-hydrogen) atoms. The van der Waals surface area contributed by atoms with Crippen molar-refractivity contribution in [1.29, 1.82) is 0 Å². The summed E-state index contributed by atoms with van der Waals surface area (Å²) in [6.07, 6.45) is 3.96. The number of carboxylic acid groups (broad SMARTS) is 1. The van der Waals surface area contributed by atoms with Gasteiger partial charge < -0.3 is 9.67 Å². The van der Waals surface area contributed by atoms with Crippen LogP contribution in [0.25, 0.3) is 0 Å². The highest BCUT2D eigenvalue weighted by Gasteiger charge is 2.28. The molecule has 76 valence electrons. The van der Waals surface area contributed by atoms with E-state index >= 15 is 0 Å².